The molecule has 0 unspecified atom stereocenters. The fourth-order valence-electron chi connectivity index (χ4n) is 2.36. The molecule has 1 aliphatic rings. The van der Waals surface area contributed by atoms with E-state index in [9.17, 15) is 10.2 Å². The molecule has 0 amide bonds. The topological polar surface area (TPSA) is 43.7 Å². The fourth-order valence-corrected chi connectivity index (χ4v) is 2.36. The second-order valence-electron chi connectivity index (χ2n) is 5.07. The summed E-state index contributed by atoms with van der Waals surface area (Å²) in [4.78, 5) is 2.18. The molecule has 3 heteroatoms. The summed E-state index contributed by atoms with van der Waals surface area (Å²) in [5, 5.41) is 18.9. The van der Waals surface area contributed by atoms with Crippen molar-refractivity contribution >= 4 is 0 Å². The van der Waals surface area contributed by atoms with Crippen molar-refractivity contribution in [2.24, 2.45) is 5.92 Å². The van der Waals surface area contributed by atoms with E-state index in [2.05, 4.69) is 17.1 Å². The van der Waals surface area contributed by atoms with Gasteiger partial charge in [-0.2, -0.15) is 0 Å². The van der Waals surface area contributed by atoms with Gasteiger partial charge in [0.15, 0.2) is 0 Å². The molecule has 0 heterocycles. The van der Waals surface area contributed by atoms with Crippen molar-refractivity contribution in [1.29, 1.82) is 0 Å². The van der Waals surface area contributed by atoms with E-state index in [-0.39, 0.29) is 12.2 Å². The van der Waals surface area contributed by atoms with Crippen LogP contribution < -0.4 is 0 Å². The Balaban J connectivity index is 2.38. The minimum Gasteiger partial charge on any atom is -0.392 e. The zero-order chi connectivity index (χ0) is 12.0. The quantitative estimate of drug-likeness (QED) is 0.674. The molecular weight excluding hydrogens is 202 g/mol. The SMILES string of the molecule is C[C@@H](O)CN(C[C@H]1CC=CCC1)C[C@@H](C)O. The highest BCUT2D eigenvalue weighted by Gasteiger charge is 2.17. The number of nitrogens with zero attached hydrogens (tertiary/aromatic N) is 1. The van der Waals surface area contributed by atoms with Crippen LogP contribution in [0.1, 0.15) is 33.1 Å². The van der Waals surface area contributed by atoms with Gasteiger partial charge in [-0.1, -0.05) is 12.2 Å². The molecule has 0 bridgehead atoms. The molecule has 0 aromatic heterocycles. The zero-order valence-corrected chi connectivity index (χ0v) is 10.5. The number of rotatable bonds is 6. The maximum Gasteiger partial charge on any atom is 0.0639 e. The van der Waals surface area contributed by atoms with E-state index in [1.807, 2.05) is 0 Å². The van der Waals surface area contributed by atoms with E-state index in [1.165, 1.54) is 12.8 Å². The Kier molecular flexibility index (Phi) is 6.03. The van der Waals surface area contributed by atoms with Crippen LogP contribution in [0.15, 0.2) is 12.2 Å². The molecule has 3 nitrogen and oxygen atoms in total. The Labute approximate surface area is 98.8 Å². The minimum absolute atomic E-state index is 0.321. The highest BCUT2D eigenvalue weighted by atomic mass is 16.3. The van der Waals surface area contributed by atoms with Gasteiger partial charge >= 0.3 is 0 Å². The largest absolute Gasteiger partial charge is 0.392 e. The van der Waals surface area contributed by atoms with Crippen molar-refractivity contribution in [3.8, 4) is 0 Å². The lowest BCUT2D eigenvalue weighted by Gasteiger charge is -2.29. The van der Waals surface area contributed by atoms with Gasteiger partial charge in [0.1, 0.15) is 0 Å². The fraction of sp³-hybridized carbons (Fsp3) is 0.846. The van der Waals surface area contributed by atoms with Crippen LogP contribution in [0.3, 0.4) is 0 Å². The monoisotopic (exact) mass is 227 g/mol. The predicted octanol–water partition coefficient (Wildman–Crippen LogP) is 1.41. The summed E-state index contributed by atoms with van der Waals surface area (Å²) in [5.74, 6) is 0.683. The van der Waals surface area contributed by atoms with Crippen LogP contribution in [-0.2, 0) is 0 Å². The van der Waals surface area contributed by atoms with Crippen molar-refractivity contribution in [2.75, 3.05) is 19.6 Å². The molecule has 0 saturated carbocycles. The first-order valence-corrected chi connectivity index (χ1v) is 6.31. The van der Waals surface area contributed by atoms with E-state index in [0.717, 1.165) is 13.0 Å². The molecule has 0 fully saturated rings. The molecule has 0 radical (unpaired) electrons. The van der Waals surface area contributed by atoms with Gasteiger partial charge in [-0.3, -0.25) is 4.90 Å². The first-order valence-electron chi connectivity index (χ1n) is 6.31. The molecule has 0 saturated heterocycles. The highest BCUT2D eigenvalue weighted by Crippen LogP contribution is 2.19. The molecule has 16 heavy (non-hydrogen) atoms. The van der Waals surface area contributed by atoms with E-state index in [1.54, 1.807) is 13.8 Å². The van der Waals surface area contributed by atoms with Crippen LogP contribution in [0, 0.1) is 5.92 Å². The first kappa shape index (κ1) is 13.7. The normalized spacial score (nSPS) is 24.7. The van der Waals surface area contributed by atoms with Crippen molar-refractivity contribution in [3.63, 3.8) is 0 Å². The second-order valence-corrected chi connectivity index (χ2v) is 5.07. The Morgan fingerprint density at radius 2 is 1.81 bits per heavy atom. The van der Waals surface area contributed by atoms with Gasteiger partial charge < -0.3 is 10.2 Å². The summed E-state index contributed by atoms with van der Waals surface area (Å²) >= 11 is 0. The average molecular weight is 227 g/mol. The van der Waals surface area contributed by atoms with E-state index in [0.29, 0.717) is 19.0 Å². The van der Waals surface area contributed by atoms with E-state index in [4.69, 9.17) is 0 Å². The van der Waals surface area contributed by atoms with Crippen molar-refractivity contribution < 1.29 is 10.2 Å². The van der Waals surface area contributed by atoms with Gasteiger partial charge in [-0.05, 0) is 39.0 Å². The van der Waals surface area contributed by atoms with Crippen LogP contribution in [-0.4, -0.2) is 47.0 Å². The third kappa shape index (κ3) is 5.64. The zero-order valence-electron chi connectivity index (χ0n) is 10.5. The molecule has 3 atom stereocenters. The summed E-state index contributed by atoms with van der Waals surface area (Å²) < 4.78 is 0. The first-order chi connectivity index (χ1) is 7.58. The molecule has 0 aromatic carbocycles. The van der Waals surface area contributed by atoms with Crippen molar-refractivity contribution in [2.45, 2.75) is 45.3 Å². The lowest BCUT2D eigenvalue weighted by Crippen LogP contribution is -2.39. The van der Waals surface area contributed by atoms with Crippen LogP contribution >= 0.6 is 0 Å². The standard InChI is InChI=1S/C13H25NO2/c1-11(15)8-14(9-12(2)16)10-13-6-4-3-5-7-13/h3-4,11-13,15-16H,5-10H2,1-2H3/t11-,12-,13+/m1/s1. The third-order valence-electron chi connectivity index (χ3n) is 2.94. The van der Waals surface area contributed by atoms with E-state index >= 15 is 0 Å². The summed E-state index contributed by atoms with van der Waals surface area (Å²) in [6, 6.07) is 0. The van der Waals surface area contributed by atoms with Crippen LogP contribution in [0.2, 0.25) is 0 Å². The van der Waals surface area contributed by atoms with E-state index < -0.39 is 0 Å². The highest BCUT2D eigenvalue weighted by molar-refractivity contribution is 4.91. The van der Waals surface area contributed by atoms with Crippen molar-refractivity contribution in [3.05, 3.63) is 12.2 Å². The number of hydrogen-bond donors (Lipinski definition) is 2. The summed E-state index contributed by atoms with van der Waals surface area (Å²) in [5.41, 5.74) is 0. The number of hydrogen-bond acceptors (Lipinski definition) is 3. The number of aliphatic hydroxyl groups excluding tert-OH is 2. The summed E-state index contributed by atoms with van der Waals surface area (Å²) in [7, 11) is 0. The molecule has 1 rings (SSSR count). The minimum atomic E-state index is -0.321. The predicted molar refractivity (Wildman–Crippen MR) is 66.3 cm³/mol. The van der Waals surface area contributed by atoms with Gasteiger partial charge in [0, 0.05) is 19.6 Å². The van der Waals surface area contributed by atoms with Crippen molar-refractivity contribution in [1.82, 2.24) is 4.90 Å². The van der Waals surface area contributed by atoms with Crippen LogP contribution in [0.4, 0.5) is 0 Å². The molecule has 2 N–H and O–H groups in total. The van der Waals surface area contributed by atoms with Crippen LogP contribution in [0.5, 0.6) is 0 Å². The van der Waals surface area contributed by atoms with Gasteiger partial charge in [-0.15, -0.1) is 0 Å². The lowest BCUT2D eigenvalue weighted by molar-refractivity contribution is 0.0728. The van der Waals surface area contributed by atoms with Gasteiger partial charge in [-0.25, -0.2) is 0 Å². The third-order valence-corrected chi connectivity index (χ3v) is 2.94. The maximum atomic E-state index is 9.43. The Morgan fingerprint density at radius 1 is 1.19 bits per heavy atom. The van der Waals surface area contributed by atoms with Gasteiger partial charge in [0.2, 0.25) is 0 Å². The molecular formula is C13H25NO2. The Morgan fingerprint density at radius 3 is 2.25 bits per heavy atom. The number of allylic oxidation sites excluding steroid dienone is 2. The lowest BCUT2D eigenvalue weighted by atomic mass is 9.94. The molecule has 0 aliphatic heterocycles. The molecule has 0 aromatic rings. The molecule has 0 spiro atoms. The average Bonchev–Trinajstić information content (AvgIpc) is 2.16. The Hall–Kier alpha value is -0.380. The second kappa shape index (κ2) is 7.05. The summed E-state index contributed by atoms with van der Waals surface area (Å²) in [6.45, 7) is 5.90. The van der Waals surface area contributed by atoms with Gasteiger partial charge in [0.25, 0.3) is 0 Å². The van der Waals surface area contributed by atoms with Crippen LogP contribution in [0.25, 0.3) is 0 Å². The molecule has 1 aliphatic carbocycles. The maximum absolute atomic E-state index is 9.43. The Bertz CT molecular complexity index is 204. The van der Waals surface area contributed by atoms with Gasteiger partial charge in [0.05, 0.1) is 12.2 Å². The summed E-state index contributed by atoms with van der Waals surface area (Å²) in [6.07, 6.45) is 7.38. The molecule has 94 valence electrons. The number of aliphatic hydroxyl groups is 2. The smallest absolute Gasteiger partial charge is 0.0639 e.